The van der Waals surface area contributed by atoms with E-state index in [1.54, 1.807) is 17.9 Å². The van der Waals surface area contributed by atoms with Gasteiger partial charge in [0, 0.05) is 30.6 Å². The van der Waals surface area contributed by atoms with Crippen LogP contribution in [0.5, 0.6) is 0 Å². The van der Waals surface area contributed by atoms with Gasteiger partial charge in [0.25, 0.3) is 0 Å². The van der Waals surface area contributed by atoms with Gasteiger partial charge >= 0.3 is 18.2 Å². The first kappa shape index (κ1) is 37.4. The van der Waals surface area contributed by atoms with E-state index in [9.17, 15) is 29.1 Å². The number of alkyl carbamates (subject to hydrolysis) is 2. The summed E-state index contributed by atoms with van der Waals surface area (Å²) in [6.07, 6.45) is 1.76. The molecule has 0 radical (unpaired) electrons. The van der Waals surface area contributed by atoms with E-state index in [-0.39, 0.29) is 48.8 Å². The molecule has 0 unspecified atom stereocenters. The number of amides is 4. The van der Waals surface area contributed by atoms with Crippen molar-refractivity contribution in [2.45, 2.75) is 83.4 Å². The zero-order chi connectivity index (χ0) is 37.9. The molecular formula is C41H48N4O8. The van der Waals surface area contributed by atoms with Crippen molar-refractivity contribution >= 4 is 35.7 Å². The average Bonchev–Trinajstić information content (AvgIpc) is 3.68. The van der Waals surface area contributed by atoms with Crippen molar-refractivity contribution in [1.29, 1.82) is 0 Å². The Labute approximate surface area is 309 Å². The largest absolute Gasteiger partial charge is 0.478 e. The fourth-order valence-corrected chi connectivity index (χ4v) is 7.84. The summed E-state index contributed by atoms with van der Waals surface area (Å²) in [5.41, 5.74) is 4.87. The number of aromatic carboxylic acids is 1. The number of carboxylic acids is 1. The maximum Gasteiger partial charge on any atom is 0.407 e. The predicted molar refractivity (Wildman–Crippen MR) is 199 cm³/mol. The van der Waals surface area contributed by atoms with Crippen LogP contribution in [0.2, 0.25) is 0 Å². The van der Waals surface area contributed by atoms with E-state index in [1.165, 1.54) is 12.1 Å². The summed E-state index contributed by atoms with van der Waals surface area (Å²) in [5.74, 6) is -1.87. The topological polar surface area (TPSA) is 163 Å². The van der Waals surface area contributed by atoms with Gasteiger partial charge in [-0.1, -0.05) is 48.5 Å². The van der Waals surface area contributed by atoms with Gasteiger partial charge in [0.1, 0.15) is 18.2 Å². The van der Waals surface area contributed by atoms with Crippen LogP contribution in [0.3, 0.4) is 0 Å². The Balaban J connectivity index is 1.10. The minimum absolute atomic E-state index is 0.112. The van der Waals surface area contributed by atoms with E-state index in [0.29, 0.717) is 30.6 Å². The second-order valence-corrected chi connectivity index (χ2v) is 15.3. The molecule has 3 aromatic rings. The Morgan fingerprint density at radius 3 is 2.11 bits per heavy atom. The summed E-state index contributed by atoms with van der Waals surface area (Å²) in [6, 6.07) is 19.3. The van der Waals surface area contributed by atoms with Crippen molar-refractivity contribution in [3.8, 4) is 11.1 Å². The number of nitrogens with zero attached hydrogens (tertiary/aromatic N) is 1. The number of nitrogens with one attached hydrogen (secondary N) is 3. The molecule has 2 fully saturated rings. The van der Waals surface area contributed by atoms with Crippen LogP contribution in [-0.4, -0.2) is 77.4 Å². The lowest BCUT2D eigenvalue weighted by molar-refractivity contribution is -0.141. The van der Waals surface area contributed by atoms with E-state index in [0.717, 1.165) is 35.1 Å². The highest BCUT2D eigenvalue weighted by atomic mass is 16.6. The van der Waals surface area contributed by atoms with E-state index < -0.39 is 41.7 Å². The van der Waals surface area contributed by atoms with E-state index in [4.69, 9.17) is 9.47 Å². The average molecular weight is 725 g/mol. The van der Waals surface area contributed by atoms with Crippen molar-refractivity contribution < 1.29 is 38.6 Å². The van der Waals surface area contributed by atoms with Gasteiger partial charge in [-0.25, -0.2) is 14.4 Å². The number of aryl methyl sites for hydroxylation is 1. The van der Waals surface area contributed by atoms with Gasteiger partial charge in [-0.15, -0.1) is 0 Å². The second-order valence-electron chi connectivity index (χ2n) is 15.3. The number of carbonyl (C=O) groups is 5. The van der Waals surface area contributed by atoms with Gasteiger partial charge < -0.3 is 35.4 Å². The van der Waals surface area contributed by atoms with E-state index in [1.807, 2.05) is 57.2 Å². The van der Waals surface area contributed by atoms with Crippen molar-refractivity contribution in [3.63, 3.8) is 0 Å². The van der Waals surface area contributed by atoms with Crippen LogP contribution < -0.4 is 16.0 Å². The summed E-state index contributed by atoms with van der Waals surface area (Å²) >= 11 is 0. The Kier molecular flexibility index (Phi) is 11.1. The molecule has 3 aromatic carbocycles. The van der Waals surface area contributed by atoms with E-state index >= 15 is 0 Å². The van der Waals surface area contributed by atoms with Crippen LogP contribution in [-0.2, 0) is 19.1 Å². The minimum atomic E-state index is -1.06. The summed E-state index contributed by atoms with van der Waals surface area (Å²) in [7, 11) is 0. The molecule has 3 aliphatic rings. The smallest absolute Gasteiger partial charge is 0.407 e. The molecule has 12 nitrogen and oxygen atoms in total. The fraction of sp³-hybridized carbons (Fsp3) is 0.439. The predicted octanol–water partition coefficient (Wildman–Crippen LogP) is 6.47. The first-order valence-corrected chi connectivity index (χ1v) is 18.3. The summed E-state index contributed by atoms with van der Waals surface area (Å²) in [5, 5.41) is 18.0. The molecule has 12 heteroatoms. The molecule has 1 saturated heterocycles. The fourth-order valence-electron chi connectivity index (χ4n) is 7.84. The SMILES string of the molecule is Cc1cc(NC(=O)[C@@H]2C[C@H](NC(=O)OCC3c4ccccc4-c4ccccc43)CN2C(=O)C2CCC(CNC(=O)OC(C)(C)C)CC2)ccc1C(=O)O. The lowest BCUT2D eigenvalue weighted by Gasteiger charge is -2.32. The highest BCUT2D eigenvalue weighted by molar-refractivity contribution is 5.99. The zero-order valence-corrected chi connectivity index (χ0v) is 30.6. The Bertz CT molecular complexity index is 1830. The van der Waals surface area contributed by atoms with Gasteiger partial charge in [-0.05, 0) is 112 Å². The molecule has 2 atom stereocenters. The third kappa shape index (κ3) is 8.81. The molecule has 280 valence electrons. The lowest BCUT2D eigenvalue weighted by Crippen LogP contribution is -2.47. The van der Waals surface area contributed by atoms with Crippen LogP contribution in [0.1, 0.15) is 85.8 Å². The number of likely N-dealkylation sites (tertiary alicyclic amines) is 1. The summed E-state index contributed by atoms with van der Waals surface area (Å²) in [4.78, 5) is 66.4. The Hall–Kier alpha value is -5.39. The first-order chi connectivity index (χ1) is 25.3. The number of hydrogen-bond donors (Lipinski definition) is 4. The van der Waals surface area contributed by atoms with Gasteiger partial charge in [0.05, 0.1) is 11.6 Å². The van der Waals surface area contributed by atoms with Crippen LogP contribution in [0, 0.1) is 18.8 Å². The second kappa shape index (κ2) is 15.7. The molecule has 1 aliphatic heterocycles. The molecule has 2 aliphatic carbocycles. The molecule has 1 saturated carbocycles. The van der Waals surface area contributed by atoms with Gasteiger partial charge in [-0.3, -0.25) is 9.59 Å². The first-order valence-electron chi connectivity index (χ1n) is 18.3. The van der Waals surface area contributed by atoms with Gasteiger partial charge in [-0.2, -0.15) is 0 Å². The zero-order valence-electron chi connectivity index (χ0n) is 30.6. The number of carboxylic acid groups (broad SMARTS) is 1. The summed E-state index contributed by atoms with van der Waals surface area (Å²) in [6.45, 7) is 7.81. The van der Waals surface area contributed by atoms with Gasteiger partial charge in [0.2, 0.25) is 11.8 Å². The van der Waals surface area contributed by atoms with Crippen molar-refractivity contribution in [2.24, 2.45) is 11.8 Å². The molecule has 53 heavy (non-hydrogen) atoms. The summed E-state index contributed by atoms with van der Waals surface area (Å²) < 4.78 is 11.1. The Morgan fingerprint density at radius 1 is 0.868 bits per heavy atom. The monoisotopic (exact) mass is 724 g/mol. The van der Waals surface area contributed by atoms with Crippen LogP contribution in [0.25, 0.3) is 11.1 Å². The minimum Gasteiger partial charge on any atom is -0.478 e. The van der Waals surface area contributed by atoms with E-state index in [2.05, 4.69) is 28.1 Å². The number of carbonyl (C=O) groups excluding carboxylic acids is 4. The molecule has 4 amide bonds. The Morgan fingerprint density at radius 2 is 1.51 bits per heavy atom. The number of anilines is 1. The normalized spacial score (nSPS) is 20.9. The van der Waals surface area contributed by atoms with Crippen LogP contribution >= 0.6 is 0 Å². The molecule has 0 bridgehead atoms. The molecule has 0 spiro atoms. The number of ether oxygens (including phenoxy) is 2. The maximum absolute atomic E-state index is 14.1. The number of fused-ring (bicyclic) bond motifs is 3. The molecule has 0 aromatic heterocycles. The van der Waals surface area contributed by atoms with Crippen molar-refractivity contribution in [3.05, 3.63) is 89.0 Å². The third-order valence-electron chi connectivity index (χ3n) is 10.4. The number of benzene rings is 3. The number of hydrogen-bond acceptors (Lipinski definition) is 7. The van der Waals surface area contributed by atoms with Crippen molar-refractivity contribution in [2.75, 3.05) is 25.0 Å². The maximum atomic E-state index is 14.1. The van der Waals surface area contributed by atoms with Crippen LogP contribution in [0.4, 0.5) is 15.3 Å². The highest BCUT2D eigenvalue weighted by Crippen LogP contribution is 2.44. The standard InChI is InChI=1S/C41H48N4O8/c1-24-19-27(17-18-29(24)38(48)49)43-36(46)35-20-28(22-45(35)37(47)26-15-13-25(14-16-26)21-42-39(50)53-41(2,3)4)44-40(51)52-23-34-32-11-7-5-9-30(32)31-10-6-8-12-33(31)34/h5-12,17-19,25-26,28,34-35H,13-16,20-23H2,1-4H3,(H,42,50)(H,43,46)(H,44,51)(H,48,49)/t25?,26?,28-,35-/m0/s1. The van der Waals surface area contributed by atoms with Crippen molar-refractivity contribution in [1.82, 2.24) is 15.5 Å². The highest BCUT2D eigenvalue weighted by Gasteiger charge is 2.43. The molecule has 1 heterocycles. The molecular weight excluding hydrogens is 676 g/mol. The third-order valence-corrected chi connectivity index (χ3v) is 10.4. The lowest BCUT2D eigenvalue weighted by atomic mass is 9.81. The van der Waals surface area contributed by atoms with Crippen LogP contribution in [0.15, 0.2) is 66.7 Å². The molecule has 4 N–H and O–H groups in total. The number of rotatable bonds is 9. The molecule has 6 rings (SSSR count). The quantitative estimate of drug-likeness (QED) is 0.195. The van der Waals surface area contributed by atoms with Gasteiger partial charge in [0.15, 0.2) is 0 Å².